The van der Waals surface area contributed by atoms with Crippen LogP contribution in [-0.2, 0) is 0 Å². The van der Waals surface area contributed by atoms with Crippen LogP contribution >= 0.6 is 0 Å². The molecule has 3 atom stereocenters. The van der Waals surface area contributed by atoms with Crippen molar-refractivity contribution < 1.29 is 10.2 Å². The monoisotopic (exact) mass is 146 g/mol. The lowest BCUT2D eigenvalue weighted by atomic mass is 9.96. The molecular formula is C8H18O2. The van der Waals surface area contributed by atoms with E-state index in [-0.39, 0.29) is 5.92 Å². The molecule has 0 saturated heterocycles. The van der Waals surface area contributed by atoms with Crippen molar-refractivity contribution in [3.63, 3.8) is 0 Å². The van der Waals surface area contributed by atoms with Crippen LogP contribution in [0.4, 0.5) is 0 Å². The molecule has 2 N–H and O–H groups in total. The summed E-state index contributed by atoms with van der Waals surface area (Å²) in [6, 6.07) is 0. The SMILES string of the molecule is CC[C@@H](C)[C@H](O)[C@@H](O)CC. The minimum Gasteiger partial charge on any atom is -0.390 e. The van der Waals surface area contributed by atoms with Crippen LogP contribution in [0.2, 0.25) is 0 Å². The first-order chi connectivity index (χ1) is 4.63. The fourth-order valence-electron chi connectivity index (χ4n) is 0.862. The second-order valence-corrected chi connectivity index (χ2v) is 2.85. The van der Waals surface area contributed by atoms with Crippen molar-refractivity contribution in [3.05, 3.63) is 0 Å². The third-order valence-electron chi connectivity index (χ3n) is 2.04. The Morgan fingerprint density at radius 3 is 1.90 bits per heavy atom. The van der Waals surface area contributed by atoms with Gasteiger partial charge in [-0.05, 0) is 12.3 Å². The maximum absolute atomic E-state index is 9.34. The summed E-state index contributed by atoms with van der Waals surface area (Å²) >= 11 is 0. The van der Waals surface area contributed by atoms with Gasteiger partial charge >= 0.3 is 0 Å². The minimum atomic E-state index is -0.546. The maximum Gasteiger partial charge on any atom is 0.0824 e. The Morgan fingerprint density at radius 1 is 1.10 bits per heavy atom. The third-order valence-corrected chi connectivity index (χ3v) is 2.04. The van der Waals surface area contributed by atoms with Gasteiger partial charge in [-0.3, -0.25) is 0 Å². The van der Waals surface area contributed by atoms with E-state index in [0.717, 1.165) is 6.42 Å². The largest absolute Gasteiger partial charge is 0.390 e. The molecule has 62 valence electrons. The van der Waals surface area contributed by atoms with E-state index in [1.807, 2.05) is 20.8 Å². The van der Waals surface area contributed by atoms with E-state index in [1.165, 1.54) is 0 Å². The number of hydrogen-bond donors (Lipinski definition) is 2. The predicted octanol–water partition coefficient (Wildman–Crippen LogP) is 1.16. The first kappa shape index (κ1) is 9.92. The summed E-state index contributed by atoms with van der Waals surface area (Å²) in [5.41, 5.74) is 0. The molecule has 0 aliphatic rings. The average molecular weight is 146 g/mol. The highest BCUT2D eigenvalue weighted by molar-refractivity contribution is 4.70. The third kappa shape index (κ3) is 2.67. The number of aliphatic hydroxyl groups excluding tert-OH is 2. The Bertz CT molecular complexity index is 73.3. The molecule has 0 aromatic heterocycles. The molecular weight excluding hydrogens is 128 g/mol. The summed E-state index contributed by atoms with van der Waals surface area (Å²) in [6.07, 6.45) is 0.453. The Kier molecular flexibility index (Phi) is 4.65. The van der Waals surface area contributed by atoms with Gasteiger partial charge in [0.15, 0.2) is 0 Å². The Hall–Kier alpha value is -0.0800. The van der Waals surface area contributed by atoms with E-state index in [4.69, 9.17) is 0 Å². The van der Waals surface area contributed by atoms with Crippen molar-refractivity contribution in [2.24, 2.45) is 5.92 Å². The van der Waals surface area contributed by atoms with Crippen molar-refractivity contribution in [2.75, 3.05) is 0 Å². The van der Waals surface area contributed by atoms with Crippen LogP contribution in [0.15, 0.2) is 0 Å². The quantitative estimate of drug-likeness (QED) is 0.625. The molecule has 0 aliphatic carbocycles. The van der Waals surface area contributed by atoms with Gasteiger partial charge in [-0.15, -0.1) is 0 Å². The van der Waals surface area contributed by atoms with Crippen molar-refractivity contribution in [1.29, 1.82) is 0 Å². The topological polar surface area (TPSA) is 40.5 Å². The van der Waals surface area contributed by atoms with E-state index in [9.17, 15) is 10.2 Å². The van der Waals surface area contributed by atoms with E-state index < -0.39 is 12.2 Å². The van der Waals surface area contributed by atoms with Gasteiger partial charge in [0.25, 0.3) is 0 Å². The molecule has 0 amide bonds. The first-order valence-electron chi connectivity index (χ1n) is 3.99. The van der Waals surface area contributed by atoms with Gasteiger partial charge in [0.05, 0.1) is 12.2 Å². The molecule has 0 aliphatic heterocycles. The molecule has 0 unspecified atom stereocenters. The van der Waals surface area contributed by atoms with Crippen LogP contribution in [0.1, 0.15) is 33.6 Å². The molecule has 0 spiro atoms. The Balaban J connectivity index is 3.69. The van der Waals surface area contributed by atoms with Crippen LogP contribution in [0.3, 0.4) is 0 Å². The van der Waals surface area contributed by atoms with Crippen LogP contribution in [0, 0.1) is 5.92 Å². The standard InChI is InChI=1S/C8H18O2/c1-4-6(3)8(10)7(9)5-2/h6-10H,4-5H2,1-3H3/t6-,7+,8+/m1/s1. The van der Waals surface area contributed by atoms with Gasteiger partial charge in [0.2, 0.25) is 0 Å². The zero-order chi connectivity index (χ0) is 8.15. The second-order valence-electron chi connectivity index (χ2n) is 2.85. The van der Waals surface area contributed by atoms with E-state index >= 15 is 0 Å². The van der Waals surface area contributed by atoms with Gasteiger partial charge in [0.1, 0.15) is 0 Å². The number of hydrogen-bond acceptors (Lipinski definition) is 2. The van der Waals surface area contributed by atoms with E-state index in [1.54, 1.807) is 0 Å². The van der Waals surface area contributed by atoms with Crippen LogP contribution in [0.5, 0.6) is 0 Å². The molecule has 2 heteroatoms. The summed E-state index contributed by atoms with van der Waals surface area (Å²) in [7, 11) is 0. The highest BCUT2D eigenvalue weighted by Crippen LogP contribution is 2.12. The van der Waals surface area contributed by atoms with E-state index in [0.29, 0.717) is 6.42 Å². The molecule has 0 aromatic rings. The molecule has 0 rings (SSSR count). The van der Waals surface area contributed by atoms with Crippen molar-refractivity contribution >= 4 is 0 Å². The molecule has 0 aromatic carbocycles. The molecule has 0 radical (unpaired) electrons. The lowest BCUT2D eigenvalue weighted by molar-refractivity contribution is -0.0149. The van der Waals surface area contributed by atoms with Gasteiger partial charge in [-0.25, -0.2) is 0 Å². The molecule has 0 heterocycles. The fraction of sp³-hybridized carbons (Fsp3) is 1.00. The predicted molar refractivity (Wildman–Crippen MR) is 41.8 cm³/mol. The maximum atomic E-state index is 9.34. The smallest absolute Gasteiger partial charge is 0.0824 e. The van der Waals surface area contributed by atoms with Crippen LogP contribution in [0.25, 0.3) is 0 Å². The molecule has 0 bridgehead atoms. The second kappa shape index (κ2) is 4.69. The van der Waals surface area contributed by atoms with Gasteiger partial charge in [-0.2, -0.15) is 0 Å². The highest BCUT2D eigenvalue weighted by Gasteiger charge is 2.19. The van der Waals surface area contributed by atoms with Crippen LogP contribution in [-0.4, -0.2) is 22.4 Å². The minimum absolute atomic E-state index is 0.204. The summed E-state index contributed by atoms with van der Waals surface area (Å²) in [6.45, 7) is 5.83. The van der Waals surface area contributed by atoms with E-state index in [2.05, 4.69) is 0 Å². The summed E-state index contributed by atoms with van der Waals surface area (Å²) in [4.78, 5) is 0. The molecule has 0 saturated carbocycles. The molecule has 10 heavy (non-hydrogen) atoms. The summed E-state index contributed by atoms with van der Waals surface area (Å²) < 4.78 is 0. The Labute approximate surface area is 62.9 Å². The fourth-order valence-corrected chi connectivity index (χ4v) is 0.862. The molecule has 2 nitrogen and oxygen atoms in total. The molecule has 0 fully saturated rings. The Morgan fingerprint density at radius 2 is 1.60 bits per heavy atom. The van der Waals surface area contributed by atoms with Crippen LogP contribution < -0.4 is 0 Å². The van der Waals surface area contributed by atoms with Gasteiger partial charge in [-0.1, -0.05) is 27.2 Å². The average Bonchev–Trinajstić information content (AvgIpc) is 2.00. The zero-order valence-electron chi connectivity index (χ0n) is 7.04. The van der Waals surface area contributed by atoms with Gasteiger partial charge in [0, 0.05) is 0 Å². The van der Waals surface area contributed by atoms with Crippen molar-refractivity contribution in [2.45, 2.75) is 45.8 Å². The first-order valence-corrected chi connectivity index (χ1v) is 3.99. The number of rotatable bonds is 4. The summed E-state index contributed by atoms with van der Waals surface area (Å²) in [5.74, 6) is 0.204. The van der Waals surface area contributed by atoms with Crippen molar-refractivity contribution in [1.82, 2.24) is 0 Å². The highest BCUT2D eigenvalue weighted by atomic mass is 16.3. The number of aliphatic hydroxyl groups is 2. The lowest BCUT2D eigenvalue weighted by Gasteiger charge is -2.21. The summed E-state index contributed by atoms with van der Waals surface area (Å²) in [5, 5.41) is 18.5. The lowest BCUT2D eigenvalue weighted by Crippen LogP contribution is -2.31. The van der Waals surface area contributed by atoms with Crippen molar-refractivity contribution in [3.8, 4) is 0 Å². The zero-order valence-corrected chi connectivity index (χ0v) is 7.04. The van der Waals surface area contributed by atoms with Gasteiger partial charge < -0.3 is 10.2 Å². The normalized spacial score (nSPS) is 20.1.